The number of hydrogen-bond acceptors (Lipinski definition) is 10. The Morgan fingerprint density at radius 3 is 2.59 bits per heavy atom. The van der Waals surface area contributed by atoms with Gasteiger partial charge in [0.1, 0.15) is 24.1 Å². The van der Waals surface area contributed by atoms with Gasteiger partial charge in [-0.2, -0.15) is 9.97 Å². The summed E-state index contributed by atoms with van der Waals surface area (Å²) in [5.41, 5.74) is 1.96. The van der Waals surface area contributed by atoms with Gasteiger partial charge in [0.2, 0.25) is 5.28 Å². The topological polar surface area (TPSA) is 201 Å². The van der Waals surface area contributed by atoms with Crippen molar-refractivity contribution in [3.8, 4) is 0 Å². The third-order valence-electron chi connectivity index (χ3n) is 7.89. The average molecular weight is 634 g/mol. The zero-order valence-electron chi connectivity index (χ0n) is 21.3. The Labute approximate surface area is 237 Å². The molecule has 2 aromatic heterocycles. The maximum Gasteiger partial charge on any atom is 0.340 e. The summed E-state index contributed by atoms with van der Waals surface area (Å²) in [5, 5.41) is 21.2. The maximum atomic E-state index is 14.4. The SMILES string of the molecule is O=P(O)(O)CP(=O)(O)OC[C@H]1O[C@@H](n2cnc3c(N4CC5(CCCC5)c5ccc(F)cc54)nc(Cl)nc32)C(O)C1O. The first kappa shape index (κ1) is 29.1. The molecule has 14 nitrogen and oxygen atoms in total. The number of fused-ring (bicyclic) bond motifs is 3. The van der Waals surface area contributed by atoms with Gasteiger partial charge < -0.3 is 39.1 Å². The molecule has 0 amide bonds. The highest BCUT2D eigenvalue weighted by molar-refractivity contribution is 7.70. The number of aromatic nitrogens is 4. The van der Waals surface area contributed by atoms with Crippen molar-refractivity contribution in [1.29, 1.82) is 0 Å². The second kappa shape index (κ2) is 10.3. The number of aliphatic hydroxyl groups is 2. The van der Waals surface area contributed by atoms with Crippen molar-refractivity contribution in [3.63, 3.8) is 0 Å². The van der Waals surface area contributed by atoms with E-state index in [4.69, 9.17) is 30.6 Å². The van der Waals surface area contributed by atoms with E-state index in [1.54, 1.807) is 0 Å². The van der Waals surface area contributed by atoms with Gasteiger partial charge in [0.15, 0.2) is 29.1 Å². The molecule has 3 aromatic rings. The highest BCUT2D eigenvalue weighted by Crippen LogP contribution is 2.56. The fraction of sp³-hybridized carbons (Fsp3) is 0.522. The Kier molecular flexibility index (Phi) is 7.30. The monoisotopic (exact) mass is 633 g/mol. The number of aliphatic hydroxyl groups excluding tert-OH is 2. The van der Waals surface area contributed by atoms with E-state index in [-0.39, 0.29) is 21.9 Å². The zero-order chi connectivity index (χ0) is 29.3. The largest absolute Gasteiger partial charge is 0.387 e. The quantitative estimate of drug-likeness (QED) is 0.188. The van der Waals surface area contributed by atoms with Crippen molar-refractivity contribution in [2.24, 2.45) is 0 Å². The predicted octanol–water partition coefficient (Wildman–Crippen LogP) is 2.54. The predicted molar refractivity (Wildman–Crippen MR) is 142 cm³/mol. The molecule has 1 saturated carbocycles. The van der Waals surface area contributed by atoms with Crippen LogP contribution in [0.4, 0.5) is 15.9 Å². The molecule has 5 atom stereocenters. The lowest BCUT2D eigenvalue weighted by molar-refractivity contribution is -0.0483. The van der Waals surface area contributed by atoms with E-state index in [1.165, 1.54) is 23.0 Å². The number of benzene rings is 1. The fourth-order valence-corrected chi connectivity index (χ4v) is 8.86. The molecule has 6 rings (SSSR count). The van der Waals surface area contributed by atoms with E-state index in [0.717, 1.165) is 31.2 Å². The third kappa shape index (κ3) is 5.33. The molecule has 0 radical (unpaired) electrons. The van der Waals surface area contributed by atoms with Gasteiger partial charge in [0.05, 0.1) is 12.9 Å². The second-order valence-corrected chi connectivity index (χ2v) is 15.0. The van der Waals surface area contributed by atoms with Crippen molar-refractivity contribution in [2.75, 3.05) is 24.0 Å². The number of nitrogens with zero attached hydrogens (tertiary/aromatic N) is 5. The summed E-state index contributed by atoms with van der Waals surface area (Å²) < 4.78 is 49.4. The van der Waals surface area contributed by atoms with Gasteiger partial charge in [-0.1, -0.05) is 18.9 Å². The Morgan fingerprint density at radius 2 is 1.88 bits per heavy atom. The van der Waals surface area contributed by atoms with E-state index in [2.05, 4.69) is 15.0 Å². The van der Waals surface area contributed by atoms with Crippen LogP contribution in [0.3, 0.4) is 0 Å². The molecule has 5 N–H and O–H groups in total. The summed E-state index contributed by atoms with van der Waals surface area (Å²) in [6.45, 7) is -0.202. The van der Waals surface area contributed by atoms with Crippen LogP contribution < -0.4 is 4.90 Å². The Balaban J connectivity index is 1.31. The van der Waals surface area contributed by atoms with Crippen molar-refractivity contribution in [1.82, 2.24) is 19.5 Å². The number of ether oxygens (including phenoxy) is 1. The lowest BCUT2D eigenvalue weighted by Crippen LogP contribution is -2.33. The molecule has 1 saturated heterocycles. The zero-order valence-corrected chi connectivity index (χ0v) is 23.9. The number of hydrogen-bond donors (Lipinski definition) is 5. The summed E-state index contributed by atoms with van der Waals surface area (Å²) in [4.78, 5) is 42.7. The average Bonchev–Trinajstić information content (AvgIpc) is 3.64. The third-order valence-corrected chi connectivity index (χ3v) is 11.5. The van der Waals surface area contributed by atoms with Crippen LogP contribution in [0.1, 0.15) is 37.5 Å². The molecule has 1 aliphatic carbocycles. The number of rotatable bonds is 7. The Hall–Kier alpha value is -2.03. The van der Waals surface area contributed by atoms with Gasteiger partial charge >= 0.3 is 15.2 Å². The van der Waals surface area contributed by atoms with E-state index in [0.29, 0.717) is 18.1 Å². The molecule has 1 aromatic carbocycles. The summed E-state index contributed by atoms with van der Waals surface area (Å²) in [6, 6.07) is 4.72. The summed E-state index contributed by atoms with van der Waals surface area (Å²) in [7, 11) is -9.59. The fourth-order valence-electron chi connectivity index (χ4n) is 6.13. The van der Waals surface area contributed by atoms with Crippen LogP contribution in [-0.4, -0.2) is 81.8 Å². The van der Waals surface area contributed by atoms with Gasteiger partial charge in [-0.05, 0) is 42.1 Å². The molecule has 2 aliphatic heterocycles. The molecule has 0 bridgehead atoms. The number of imidazole rings is 1. The smallest absolute Gasteiger partial charge is 0.340 e. The van der Waals surface area contributed by atoms with Gasteiger partial charge in [-0.25, -0.2) is 9.37 Å². The van der Waals surface area contributed by atoms with Crippen LogP contribution in [0.25, 0.3) is 11.2 Å². The highest BCUT2D eigenvalue weighted by atomic mass is 35.5. The van der Waals surface area contributed by atoms with Gasteiger partial charge in [-0.15, -0.1) is 0 Å². The van der Waals surface area contributed by atoms with Crippen LogP contribution in [0, 0.1) is 5.82 Å². The first-order valence-corrected chi connectivity index (χ1v) is 16.7. The van der Waals surface area contributed by atoms with E-state index < -0.39 is 58.1 Å². The van der Waals surface area contributed by atoms with Crippen LogP contribution in [0.2, 0.25) is 5.28 Å². The van der Waals surface area contributed by atoms with E-state index in [9.17, 15) is 28.6 Å². The molecule has 41 heavy (non-hydrogen) atoms. The minimum absolute atomic E-state index is 0.147. The summed E-state index contributed by atoms with van der Waals surface area (Å²) in [5.74, 6) is -1.48. The van der Waals surface area contributed by atoms with Gasteiger partial charge in [-0.3, -0.25) is 13.7 Å². The van der Waals surface area contributed by atoms with Crippen molar-refractivity contribution in [2.45, 2.75) is 55.6 Å². The molecule has 3 aliphatic rings. The second-order valence-electron chi connectivity index (χ2n) is 10.7. The van der Waals surface area contributed by atoms with Crippen LogP contribution in [0.5, 0.6) is 0 Å². The molecule has 3 unspecified atom stereocenters. The molecular weight excluding hydrogens is 607 g/mol. The molecule has 4 heterocycles. The lowest BCUT2D eigenvalue weighted by Gasteiger charge is -2.25. The standard InChI is InChI=1S/C23H27ClFN5O9P2/c24-22-27-19(29-9-23(5-1-2-6-23)13-4-3-12(25)7-14(13)29)16-20(28-22)30(10-26-16)21-18(32)17(31)15(39-21)8-38-41(36,37)11-40(33,34)35/h3-4,7,10,15,17-18,21,31-32H,1-2,5-6,8-9,11H2,(H,36,37)(H2,33,34,35)/t15-,17?,18?,21-/m1/s1. The van der Waals surface area contributed by atoms with E-state index >= 15 is 0 Å². The minimum atomic E-state index is -4.86. The van der Waals surface area contributed by atoms with Crippen LogP contribution >= 0.6 is 26.8 Å². The summed E-state index contributed by atoms with van der Waals surface area (Å²) >= 11 is 6.33. The summed E-state index contributed by atoms with van der Waals surface area (Å²) in [6.07, 6.45) is -0.497. The molecule has 1 spiro atoms. The first-order valence-electron chi connectivity index (χ1n) is 12.8. The molecule has 18 heteroatoms. The lowest BCUT2D eigenvalue weighted by atomic mass is 9.81. The van der Waals surface area contributed by atoms with Gasteiger partial charge in [0, 0.05) is 17.6 Å². The highest BCUT2D eigenvalue weighted by Gasteiger charge is 2.48. The molecule has 222 valence electrons. The Morgan fingerprint density at radius 1 is 1.15 bits per heavy atom. The van der Waals surface area contributed by atoms with Crippen molar-refractivity contribution < 1.29 is 47.7 Å². The van der Waals surface area contributed by atoms with Gasteiger partial charge in [0.25, 0.3) is 0 Å². The Bertz CT molecular complexity index is 1600. The maximum absolute atomic E-state index is 14.4. The minimum Gasteiger partial charge on any atom is -0.387 e. The number of anilines is 2. The van der Waals surface area contributed by atoms with E-state index in [1.807, 2.05) is 11.0 Å². The first-order chi connectivity index (χ1) is 19.3. The normalized spacial score (nSPS) is 27.1. The molecular formula is C23H27ClFN5O9P2. The van der Waals surface area contributed by atoms with Crippen molar-refractivity contribution >= 4 is 49.5 Å². The molecule has 2 fully saturated rings. The van der Waals surface area contributed by atoms with Crippen LogP contribution in [-0.2, 0) is 23.8 Å². The number of halogens is 2. The van der Waals surface area contributed by atoms with Crippen molar-refractivity contribution in [3.05, 3.63) is 41.2 Å². The van der Waals surface area contributed by atoms with Crippen LogP contribution in [0.15, 0.2) is 24.5 Å².